The van der Waals surface area contributed by atoms with Crippen LogP contribution in [0.5, 0.6) is 0 Å². The molecule has 1 N–H and O–H groups in total. The Kier molecular flexibility index (Phi) is 3.30. The molecule has 1 aromatic rings. The van der Waals surface area contributed by atoms with Crippen molar-refractivity contribution in [3.63, 3.8) is 0 Å². The Morgan fingerprint density at radius 2 is 2.31 bits per heavy atom. The number of hydrogen-bond acceptors (Lipinski definition) is 2. The normalized spacial score (nSPS) is 26.5. The van der Waals surface area contributed by atoms with E-state index in [2.05, 4.69) is 21.2 Å². The second-order valence-electron chi connectivity index (χ2n) is 4.16. The van der Waals surface area contributed by atoms with Crippen molar-refractivity contribution in [2.75, 3.05) is 0 Å². The van der Waals surface area contributed by atoms with E-state index in [-0.39, 0.29) is 5.91 Å². The summed E-state index contributed by atoms with van der Waals surface area (Å²) in [4.78, 5) is 11.8. The molecule has 1 amide bonds. The van der Waals surface area contributed by atoms with Crippen LogP contribution in [0.3, 0.4) is 0 Å². The van der Waals surface area contributed by atoms with Crippen LogP contribution >= 0.6 is 50.5 Å². The third kappa shape index (κ3) is 2.26. The van der Waals surface area contributed by atoms with E-state index in [1.807, 2.05) is 11.4 Å². The summed E-state index contributed by atoms with van der Waals surface area (Å²) >= 11 is 16.8. The molecule has 1 aliphatic rings. The first kappa shape index (κ1) is 12.7. The SMILES string of the molecule is C[C@]1(C(=O)NCc2csc(Br)c2)CC1(Cl)Cl. The predicted octanol–water partition coefficient (Wildman–Crippen LogP) is 3.71. The van der Waals surface area contributed by atoms with Crippen LogP contribution in [0, 0.1) is 5.41 Å². The highest BCUT2D eigenvalue weighted by Crippen LogP contribution is 2.63. The van der Waals surface area contributed by atoms with Gasteiger partial charge in [-0.1, -0.05) is 0 Å². The van der Waals surface area contributed by atoms with Crippen LogP contribution in [0.25, 0.3) is 0 Å². The lowest BCUT2D eigenvalue weighted by Crippen LogP contribution is -2.32. The fraction of sp³-hybridized carbons (Fsp3) is 0.500. The molecule has 0 aromatic carbocycles. The number of halogens is 3. The summed E-state index contributed by atoms with van der Waals surface area (Å²) in [5.74, 6) is -0.0835. The standard InChI is InChI=1S/C10H10BrCl2NOS/c1-9(5-10(9,12)13)8(15)14-3-6-2-7(11)16-4-6/h2,4H,3,5H2,1H3,(H,14,15)/t9-/m1/s1. The predicted molar refractivity (Wildman–Crippen MR) is 71.0 cm³/mol. The molecule has 1 aliphatic carbocycles. The number of thiophene rings is 1. The summed E-state index contributed by atoms with van der Waals surface area (Å²) in [6.07, 6.45) is 0.516. The topological polar surface area (TPSA) is 29.1 Å². The average Bonchev–Trinajstić information content (AvgIpc) is 2.57. The molecule has 0 spiro atoms. The largest absolute Gasteiger partial charge is 0.351 e. The zero-order chi connectivity index (χ0) is 12.0. The highest BCUT2D eigenvalue weighted by Gasteiger charge is 2.67. The molecule has 2 rings (SSSR count). The molecule has 0 aliphatic heterocycles. The lowest BCUT2D eigenvalue weighted by Gasteiger charge is -2.11. The van der Waals surface area contributed by atoms with E-state index in [0.29, 0.717) is 13.0 Å². The van der Waals surface area contributed by atoms with Gasteiger partial charge in [-0.2, -0.15) is 0 Å². The number of hydrogen-bond donors (Lipinski definition) is 1. The Bertz CT molecular complexity index is 434. The quantitative estimate of drug-likeness (QED) is 0.833. The summed E-state index contributed by atoms with van der Waals surface area (Å²) in [5, 5.41) is 4.84. The maximum Gasteiger partial charge on any atom is 0.229 e. The van der Waals surface area contributed by atoms with Crippen molar-refractivity contribution in [3.8, 4) is 0 Å². The lowest BCUT2D eigenvalue weighted by atomic mass is 10.1. The zero-order valence-corrected chi connectivity index (χ0v) is 12.4. The molecule has 0 saturated heterocycles. The Morgan fingerprint density at radius 3 is 2.75 bits per heavy atom. The summed E-state index contributed by atoms with van der Waals surface area (Å²) in [6.45, 7) is 2.30. The van der Waals surface area contributed by atoms with Crippen molar-refractivity contribution >= 4 is 56.4 Å². The van der Waals surface area contributed by atoms with Crippen molar-refractivity contribution in [2.24, 2.45) is 5.41 Å². The molecule has 2 nitrogen and oxygen atoms in total. The van der Waals surface area contributed by atoms with E-state index in [0.717, 1.165) is 9.35 Å². The first-order valence-corrected chi connectivity index (χ1v) is 7.17. The van der Waals surface area contributed by atoms with Crippen LogP contribution in [-0.4, -0.2) is 10.2 Å². The Labute approximate surface area is 116 Å². The molecule has 1 atom stereocenters. The number of carbonyl (C=O) groups excluding carboxylic acids is 1. The lowest BCUT2D eigenvalue weighted by molar-refractivity contribution is -0.125. The van der Waals surface area contributed by atoms with Crippen molar-refractivity contribution in [2.45, 2.75) is 24.2 Å². The maximum absolute atomic E-state index is 11.8. The van der Waals surface area contributed by atoms with Gasteiger partial charge in [0, 0.05) is 6.54 Å². The Morgan fingerprint density at radius 1 is 1.69 bits per heavy atom. The van der Waals surface area contributed by atoms with Crippen molar-refractivity contribution in [1.82, 2.24) is 5.32 Å². The second kappa shape index (κ2) is 4.16. The molecule has 0 unspecified atom stereocenters. The van der Waals surface area contributed by atoms with Gasteiger partial charge in [0.15, 0.2) is 0 Å². The van der Waals surface area contributed by atoms with Gasteiger partial charge in [-0.3, -0.25) is 4.79 Å². The maximum atomic E-state index is 11.8. The van der Waals surface area contributed by atoms with E-state index in [4.69, 9.17) is 23.2 Å². The first-order chi connectivity index (χ1) is 7.35. The molecule has 16 heavy (non-hydrogen) atoms. The van der Waals surface area contributed by atoms with Crippen LogP contribution in [0.4, 0.5) is 0 Å². The van der Waals surface area contributed by atoms with Gasteiger partial charge in [0.1, 0.15) is 4.33 Å². The van der Waals surface area contributed by atoms with Gasteiger partial charge in [-0.05, 0) is 46.3 Å². The van der Waals surface area contributed by atoms with Gasteiger partial charge in [0.05, 0.1) is 9.20 Å². The molecule has 1 saturated carbocycles. The molecular formula is C10H10BrCl2NOS. The Balaban J connectivity index is 1.90. The van der Waals surface area contributed by atoms with E-state index in [1.54, 1.807) is 18.3 Å². The fourth-order valence-corrected chi connectivity index (χ4v) is 3.38. The molecule has 1 fully saturated rings. The minimum absolute atomic E-state index is 0.0835. The molecule has 1 aromatic heterocycles. The van der Waals surface area contributed by atoms with Crippen molar-refractivity contribution in [1.29, 1.82) is 0 Å². The summed E-state index contributed by atoms with van der Waals surface area (Å²) < 4.78 is 0.158. The third-order valence-electron chi connectivity index (χ3n) is 2.83. The van der Waals surface area contributed by atoms with E-state index < -0.39 is 9.75 Å². The highest BCUT2D eigenvalue weighted by molar-refractivity contribution is 9.11. The average molecular weight is 343 g/mol. The van der Waals surface area contributed by atoms with Crippen molar-refractivity contribution < 1.29 is 4.79 Å². The molecule has 1 heterocycles. The van der Waals surface area contributed by atoms with Crippen LogP contribution in [0.15, 0.2) is 15.2 Å². The molecule has 88 valence electrons. The smallest absolute Gasteiger partial charge is 0.229 e. The number of nitrogens with one attached hydrogen (secondary N) is 1. The monoisotopic (exact) mass is 341 g/mol. The van der Waals surface area contributed by atoms with Crippen LogP contribution in [0.1, 0.15) is 18.9 Å². The number of rotatable bonds is 3. The van der Waals surface area contributed by atoms with E-state index in [9.17, 15) is 4.79 Å². The highest BCUT2D eigenvalue weighted by atomic mass is 79.9. The summed E-state index contributed by atoms with van der Waals surface area (Å²) in [5.41, 5.74) is 0.438. The van der Waals surface area contributed by atoms with Crippen LogP contribution in [-0.2, 0) is 11.3 Å². The zero-order valence-electron chi connectivity index (χ0n) is 8.52. The van der Waals surface area contributed by atoms with Gasteiger partial charge in [0.25, 0.3) is 0 Å². The molecular weight excluding hydrogens is 333 g/mol. The van der Waals surface area contributed by atoms with Gasteiger partial charge in [-0.15, -0.1) is 34.5 Å². The van der Waals surface area contributed by atoms with Crippen LogP contribution in [0.2, 0.25) is 0 Å². The molecule has 0 bridgehead atoms. The van der Waals surface area contributed by atoms with Crippen molar-refractivity contribution in [3.05, 3.63) is 20.8 Å². The summed E-state index contributed by atoms with van der Waals surface area (Å²) in [6, 6.07) is 1.98. The molecule has 0 radical (unpaired) electrons. The fourth-order valence-electron chi connectivity index (χ4n) is 1.46. The van der Waals surface area contributed by atoms with Gasteiger partial charge in [-0.25, -0.2) is 0 Å². The Hall–Kier alpha value is 0.230. The van der Waals surface area contributed by atoms with Gasteiger partial charge in [0.2, 0.25) is 5.91 Å². The third-order valence-corrected chi connectivity index (χ3v) is 5.49. The minimum Gasteiger partial charge on any atom is -0.351 e. The first-order valence-electron chi connectivity index (χ1n) is 4.74. The van der Waals surface area contributed by atoms with Gasteiger partial charge >= 0.3 is 0 Å². The second-order valence-corrected chi connectivity index (χ2v) is 7.93. The number of amides is 1. The van der Waals surface area contributed by atoms with E-state index in [1.165, 1.54) is 0 Å². The number of carbonyl (C=O) groups is 1. The van der Waals surface area contributed by atoms with Crippen LogP contribution < -0.4 is 5.32 Å². The minimum atomic E-state index is -0.897. The number of alkyl halides is 2. The van der Waals surface area contributed by atoms with Gasteiger partial charge < -0.3 is 5.32 Å². The summed E-state index contributed by atoms with van der Waals surface area (Å²) in [7, 11) is 0. The van der Waals surface area contributed by atoms with E-state index >= 15 is 0 Å². The molecule has 6 heteroatoms.